The van der Waals surface area contributed by atoms with Gasteiger partial charge in [0, 0.05) is 0 Å². The van der Waals surface area contributed by atoms with Crippen molar-refractivity contribution in [1.29, 1.82) is 0 Å². The van der Waals surface area contributed by atoms with Crippen molar-refractivity contribution in [2.75, 3.05) is 0 Å². The van der Waals surface area contributed by atoms with Crippen LogP contribution in [0.5, 0.6) is 0 Å². The smallest absolute Gasteiger partial charge is 0.187 e. The molecule has 294 valence electrons. The number of aliphatic hydroxyl groups excluding tert-OH is 1. The first-order valence-electron chi connectivity index (χ1n) is 19.4. The molecule has 10 atom stereocenters. The van der Waals surface area contributed by atoms with Gasteiger partial charge in [0.15, 0.2) is 12.6 Å². The van der Waals surface area contributed by atoms with Crippen molar-refractivity contribution < 1.29 is 43.0 Å². The molecule has 0 amide bonds. The SMILES string of the molecule is C[C@H]1O[C@@H](O[C@H]2[C@H](OCc3ccccc3)[C@@H](C)O[C@H](O)[C@H]2OCc2ccccc2)[C@@H](OCc2ccccc2)[C@@H](OCc2ccccc2)[C@@H]1OCc1ccccc1. The summed E-state index contributed by atoms with van der Waals surface area (Å²) in [6.07, 6.45) is -7.62. The van der Waals surface area contributed by atoms with E-state index in [4.69, 9.17) is 37.9 Å². The molecule has 0 aliphatic carbocycles. The van der Waals surface area contributed by atoms with Crippen molar-refractivity contribution >= 4 is 0 Å². The quantitative estimate of drug-likeness (QED) is 0.102. The molecule has 2 heterocycles. The van der Waals surface area contributed by atoms with Crippen molar-refractivity contribution in [3.05, 3.63) is 179 Å². The lowest BCUT2D eigenvalue weighted by Crippen LogP contribution is -2.65. The Morgan fingerprint density at radius 3 is 1.07 bits per heavy atom. The lowest BCUT2D eigenvalue weighted by Gasteiger charge is -2.49. The van der Waals surface area contributed by atoms with E-state index in [0.717, 1.165) is 27.8 Å². The number of benzene rings is 5. The predicted octanol–water partition coefficient (Wildman–Crippen LogP) is 7.78. The fourth-order valence-corrected chi connectivity index (χ4v) is 7.22. The number of ether oxygens (including phenoxy) is 8. The molecule has 9 heteroatoms. The molecule has 5 aromatic rings. The molecular weight excluding hydrogens is 709 g/mol. The lowest BCUT2D eigenvalue weighted by atomic mass is 9.96. The Balaban J connectivity index is 1.21. The van der Waals surface area contributed by atoms with Crippen LogP contribution in [-0.4, -0.2) is 66.5 Å². The topological polar surface area (TPSA) is 94.1 Å². The van der Waals surface area contributed by atoms with Gasteiger partial charge in [-0.1, -0.05) is 152 Å². The molecule has 5 aromatic carbocycles. The van der Waals surface area contributed by atoms with Gasteiger partial charge in [0.25, 0.3) is 0 Å². The highest BCUT2D eigenvalue weighted by molar-refractivity contribution is 5.17. The monoisotopic (exact) mass is 760 g/mol. The summed E-state index contributed by atoms with van der Waals surface area (Å²) in [6, 6.07) is 49.8. The zero-order valence-corrected chi connectivity index (χ0v) is 32.0. The summed E-state index contributed by atoms with van der Waals surface area (Å²) >= 11 is 0. The van der Waals surface area contributed by atoms with E-state index in [1.807, 2.05) is 166 Å². The molecule has 0 bridgehead atoms. The van der Waals surface area contributed by atoms with Gasteiger partial charge in [0.05, 0.1) is 45.2 Å². The third-order valence-electron chi connectivity index (χ3n) is 10.2. The molecule has 2 aliphatic rings. The maximum Gasteiger partial charge on any atom is 0.187 e. The Bertz CT molecular complexity index is 1780. The first-order chi connectivity index (χ1) is 27.5. The normalized spacial score (nSPS) is 27.8. The zero-order valence-electron chi connectivity index (χ0n) is 32.0. The zero-order chi connectivity index (χ0) is 38.5. The third kappa shape index (κ3) is 10.8. The van der Waals surface area contributed by atoms with E-state index < -0.39 is 61.4 Å². The second kappa shape index (κ2) is 20.2. The number of hydrogen-bond acceptors (Lipinski definition) is 9. The minimum absolute atomic E-state index is 0.222. The molecular formula is C47H52O9. The molecule has 7 rings (SSSR count). The van der Waals surface area contributed by atoms with Crippen LogP contribution in [0.1, 0.15) is 41.7 Å². The van der Waals surface area contributed by atoms with Crippen LogP contribution in [0.3, 0.4) is 0 Å². The van der Waals surface area contributed by atoms with Crippen molar-refractivity contribution in [3.63, 3.8) is 0 Å². The van der Waals surface area contributed by atoms with Crippen LogP contribution < -0.4 is 0 Å². The van der Waals surface area contributed by atoms with E-state index in [1.165, 1.54) is 0 Å². The lowest BCUT2D eigenvalue weighted by molar-refractivity contribution is -0.369. The fraction of sp³-hybridized carbons (Fsp3) is 0.362. The second-order valence-electron chi connectivity index (χ2n) is 14.3. The molecule has 0 saturated carbocycles. The summed E-state index contributed by atoms with van der Waals surface area (Å²) < 4.78 is 53.3. The molecule has 2 fully saturated rings. The van der Waals surface area contributed by atoms with E-state index >= 15 is 0 Å². The van der Waals surface area contributed by atoms with Gasteiger partial charge in [-0.2, -0.15) is 0 Å². The van der Waals surface area contributed by atoms with Crippen LogP contribution in [0.25, 0.3) is 0 Å². The Kier molecular flexibility index (Phi) is 14.4. The third-order valence-corrected chi connectivity index (χ3v) is 10.2. The Labute approximate surface area is 330 Å². The van der Waals surface area contributed by atoms with Gasteiger partial charge >= 0.3 is 0 Å². The van der Waals surface area contributed by atoms with Crippen LogP contribution in [0.2, 0.25) is 0 Å². The average Bonchev–Trinajstić information content (AvgIpc) is 3.23. The molecule has 56 heavy (non-hydrogen) atoms. The predicted molar refractivity (Wildman–Crippen MR) is 211 cm³/mol. The van der Waals surface area contributed by atoms with Crippen LogP contribution in [0, 0.1) is 0 Å². The standard InChI is InChI=1S/C47H52O9/c1-33-41(50-29-36-20-10-4-11-21-36)43(44(46(48)54-33)52-31-38-24-14-6-15-25-38)56-47-45(53-32-39-26-16-7-17-27-39)42(51-30-37-22-12-5-13-23-37)40(34(2)55-47)49-28-35-18-8-3-9-19-35/h3-27,33-34,40-48H,28-32H2,1-2H3/t33-,34-,40-,41-,42+,43+,44+,45+,46+,47+/m1/s1. The van der Waals surface area contributed by atoms with Crippen molar-refractivity contribution in [2.45, 2.75) is 108 Å². The largest absolute Gasteiger partial charge is 0.368 e. The average molecular weight is 761 g/mol. The number of rotatable bonds is 17. The maximum atomic E-state index is 11.5. The molecule has 1 N–H and O–H groups in total. The number of aliphatic hydroxyl groups is 1. The second-order valence-corrected chi connectivity index (χ2v) is 14.3. The van der Waals surface area contributed by atoms with E-state index in [0.29, 0.717) is 19.8 Å². The molecule has 0 unspecified atom stereocenters. The van der Waals surface area contributed by atoms with Gasteiger partial charge in [-0.05, 0) is 41.7 Å². The van der Waals surface area contributed by atoms with Gasteiger partial charge < -0.3 is 43.0 Å². The van der Waals surface area contributed by atoms with Gasteiger partial charge in [0.2, 0.25) is 0 Å². The van der Waals surface area contributed by atoms with Crippen molar-refractivity contribution in [1.82, 2.24) is 0 Å². The molecule has 0 spiro atoms. The minimum atomic E-state index is -1.30. The first-order valence-corrected chi connectivity index (χ1v) is 19.4. The number of hydrogen-bond donors (Lipinski definition) is 1. The maximum absolute atomic E-state index is 11.5. The summed E-state index contributed by atoms with van der Waals surface area (Å²) in [7, 11) is 0. The van der Waals surface area contributed by atoms with Crippen molar-refractivity contribution in [3.8, 4) is 0 Å². The fourth-order valence-electron chi connectivity index (χ4n) is 7.22. The minimum Gasteiger partial charge on any atom is -0.368 e. The highest BCUT2D eigenvalue weighted by Crippen LogP contribution is 2.35. The molecule has 0 radical (unpaired) electrons. The van der Waals surface area contributed by atoms with Gasteiger partial charge in [0.1, 0.15) is 36.6 Å². The Hall–Kier alpha value is -4.26. The van der Waals surface area contributed by atoms with Crippen molar-refractivity contribution in [2.24, 2.45) is 0 Å². The molecule has 2 aliphatic heterocycles. The summed E-state index contributed by atoms with van der Waals surface area (Å²) in [5.74, 6) is 0. The molecule has 0 aromatic heterocycles. The van der Waals surface area contributed by atoms with Gasteiger partial charge in [-0.3, -0.25) is 0 Å². The van der Waals surface area contributed by atoms with Gasteiger partial charge in [-0.25, -0.2) is 0 Å². The summed E-state index contributed by atoms with van der Waals surface area (Å²) in [5.41, 5.74) is 4.96. The van der Waals surface area contributed by atoms with Crippen LogP contribution in [0.4, 0.5) is 0 Å². The molecule has 2 saturated heterocycles. The van der Waals surface area contributed by atoms with E-state index in [1.54, 1.807) is 0 Å². The highest BCUT2D eigenvalue weighted by atomic mass is 16.7. The van der Waals surface area contributed by atoms with E-state index in [9.17, 15) is 5.11 Å². The summed E-state index contributed by atoms with van der Waals surface area (Å²) in [5, 5.41) is 11.5. The van der Waals surface area contributed by atoms with Crippen LogP contribution >= 0.6 is 0 Å². The molecule has 9 nitrogen and oxygen atoms in total. The summed E-state index contributed by atoms with van der Waals surface area (Å²) in [6.45, 7) is 5.31. The van der Waals surface area contributed by atoms with E-state index in [2.05, 4.69) is 0 Å². The van der Waals surface area contributed by atoms with E-state index in [-0.39, 0.29) is 13.2 Å². The first kappa shape index (κ1) is 40.0. The van der Waals surface area contributed by atoms with Crippen LogP contribution in [0.15, 0.2) is 152 Å². The Morgan fingerprint density at radius 2 is 0.679 bits per heavy atom. The van der Waals surface area contributed by atoms with Gasteiger partial charge in [-0.15, -0.1) is 0 Å². The van der Waals surface area contributed by atoms with Crippen LogP contribution in [-0.2, 0) is 70.9 Å². The summed E-state index contributed by atoms with van der Waals surface area (Å²) in [4.78, 5) is 0. The Morgan fingerprint density at radius 1 is 0.375 bits per heavy atom. The highest BCUT2D eigenvalue weighted by Gasteiger charge is 2.52.